The second kappa shape index (κ2) is 7.19. The molecule has 3 aromatic rings. The highest BCUT2D eigenvalue weighted by Crippen LogP contribution is 2.26. The summed E-state index contributed by atoms with van der Waals surface area (Å²) in [6, 6.07) is 7.94. The zero-order valence-corrected chi connectivity index (χ0v) is 14.6. The molecule has 0 N–H and O–H groups in total. The van der Waals surface area contributed by atoms with Gasteiger partial charge in [-0.15, -0.1) is 0 Å². The van der Waals surface area contributed by atoms with Crippen LogP contribution in [0.1, 0.15) is 19.3 Å². The Morgan fingerprint density at radius 3 is 2.56 bits per heavy atom. The number of methoxy groups -OCH3 is 1. The Kier molecular flexibility index (Phi) is 4.61. The van der Waals surface area contributed by atoms with Crippen LogP contribution in [0.5, 0.6) is 5.75 Å². The molecule has 6 heteroatoms. The topological polar surface area (TPSA) is 56.1 Å². The maximum atomic E-state index is 5.23. The molecule has 0 unspecified atom stereocenters. The fourth-order valence-electron chi connectivity index (χ4n) is 3.45. The van der Waals surface area contributed by atoms with Gasteiger partial charge in [0.2, 0.25) is 0 Å². The van der Waals surface area contributed by atoms with Gasteiger partial charge < -0.3 is 9.64 Å². The average molecular weight is 337 g/mol. The first-order valence-corrected chi connectivity index (χ1v) is 8.88. The zero-order chi connectivity index (χ0) is 17.1. The van der Waals surface area contributed by atoms with Crippen molar-refractivity contribution in [2.75, 3.05) is 26.7 Å². The van der Waals surface area contributed by atoms with Gasteiger partial charge in [0.15, 0.2) is 5.65 Å². The maximum absolute atomic E-state index is 5.23. The van der Waals surface area contributed by atoms with Crippen molar-refractivity contribution in [3.8, 4) is 17.0 Å². The lowest BCUT2D eigenvalue weighted by Crippen LogP contribution is -2.32. The van der Waals surface area contributed by atoms with Crippen molar-refractivity contribution in [3.05, 3.63) is 36.8 Å². The summed E-state index contributed by atoms with van der Waals surface area (Å²) in [6.45, 7) is 4.29. The van der Waals surface area contributed by atoms with Crippen LogP contribution in [-0.4, -0.2) is 51.4 Å². The van der Waals surface area contributed by atoms with Crippen LogP contribution < -0.4 is 4.74 Å². The Morgan fingerprint density at radius 1 is 1.00 bits per heavy atom. The van der Waals surface area contributed by atoms with Crippen LogP contribution in [0.2, 0.25) is 0 Å². The minimum atomic E-state index is 0.839. The number of nitrogens with zero attached hydrogens (tertiary/aromatic N) is 5. The lowest BCUT2D eigenvalue weighted by atomic mass is 10.1. The van der Waals surface area contributed by atoms with Gasteiger partial charge in [-0.2, -0.15) is 5.10 Å². The van der Waals surface area contributed by atoms with Crippen LogP contribution in [0, 0.1) is 0 Å². The van der Waals surface area contributed by atoms with E-state index < -0.39 is 0 Å². The molecule has 130 valence electrons. The summed E-state index contributed by atoms with van der Waals surface area (Å²) in [7, 11) is 1.67. The van der Waals surface area contributed by atoms with Gasteiger partial charge in [-0.05, 0) is 50.2 Å². The van der Waals surface area contributed by atoms with E-state index in [0.29, 0.717) is 0 Å². The normalized spacial score (nSPS) is 15.6. The van der Waals surface area contributed by atoms with Crippen molar-refractivity contribution in [1.82, 2.24) is 24.6 Å². The summed E-state index contributed by atoms with van der Waals surface area (Å²) in [5, 5.41) is 5.55. The van der Waals surface area contributed by atoms with E-state index in [9.17, 15) is 0 Å². The number of hydrogen-bond acceptors (Lipinski definition) is 5. The Morgan fingerprint density at radius 2 is 1.80 bits per heavy atom. The summed E-state index contributed by atoms with van der Waals surface area (Å²) in [5.74, 6) is 0.839. The van der Waals surface area contributed by atoms with Gasteiger partial charge in [-0.1, -0.05) is 6.42 Å². The van der Waals surface area contributed by atoms with Gasteiger partial charge in [-0.25, -0.2) is 14.6 Å². The van der Waals surface area contributed by atoms with Crippen LogP contribution in [0.15, 0.2) is 36.8 Å². The lowest BCUT2D eigenvalue weighted by Gasteiger charge is -2.26. The summed E-state index contributed by atoms with van der Waals surface area (Å²) < 4.78 is 7.23. The minimum absolute atomic E-state index is 0.839. The molecule has 0 radical (unpaired) electrons. The van der Waals surface area contributed by atoms with E-state index in [1.165, 1.54) is 32.4 Å². The molecule has 1 aliphatic heterocycles. The number of rotatable bonds is 5. The van der Waals surface area contributed by atoms with Crippen molar-refractivity contribution < 1.29 is 4.74 Å². The van der Waals surface area contributed by atoms with E-state index in [1.54, 1.807) is 13.4 Å². The van der Waals surface area contributed by atoms with Crippen molar-refractivity contribution in [2.24, 2.45) is 0 Å². The predicted molar refractivity (Wildman–Crippen MR) is 97.6 cm³/mol. The monoisotopic (exact) mass is 337 g/mol. The van der Waals surface area contributed by atoms with Crippen LogP contribution in [-0.2, 0) is 6.54 Å². The van der Waals surface area contributed by atoms with E-state index in [4.69, 9.17) is 4.74 Å². The van der Waals surface area contributed by atoms with E-state index in [2.05, 4.69) is 20.0 Å². The molecular weight excluding hydrogens is 314 g/mol. The molecule has 0 aliphatic carbocycles. The third-order valence-electron chi connectivity index (χ3n) is 4.87. The minimum Gasteiger partial charge on any atom is -0.497 e. The van der Waals surface area contributed by atoms with E-state index >= 15 is 0 Å². The summed E-state index contributed by atoms with van der Waals surface area (Å²) in [5.41, 5.74) is 2.86. The number of piperidine rings is 1. The number of hydrogen-bond donors (Lipinski definition) is 0. The standard InChI is InChI=1S/C19H23N5O/c1-25-16-7-5-15(6-8-16)18-17-13-22-24(19(17)21-14-20-18)12-11-23-9-3-2-4-10-23/h5-8,13-14H,2-4,9-12H2,1H3. The second-order valence-corrected chi connectivity index (χ2v) is 6.46. The van der Waals surface area contributed by atoms with Crippen LogP contribution in [0.25, 0.3) is 22.3 Å². The number of fused-ring (bicyclic) bond motifs is 1. The van der Waals surface area contributed by atoms with Crippen molar-refractivity contribution in [1.29, 1.82) is 0 Å². The summed E-state index contributed by atoms with van der Waals surface area (Å²) in [4.78, 5) is 11.5. The van der Waals surface area contributed by atoms with Crippen molar-refractivity contribution in [3.63, 3.8) is 0 Å². The van der Waals surface area contributed by atoms with Crippen LogP contribution in [0.3, 0.4) is 0 Å². The van der Waals surface area contributed by atoms with Gasteiger partial charge in [0.1, 0.15) is 12.1 Å². The summed E-state index contributed by atoms with van der Waals surface area (Å²) >= 11 is 0. The molecule has 1 aromatic carbocycles. The Hall–Kier alpha value is -2.47. The lowest BCUT2D eigenvalue weighted by molar-refractivity contribution is 0.219. The Balaban J connectivity index is 1.58. The molecule has 0 bridgehead atoms. The first-order chi connectivity index (χ1) is 12.3. The molecule has 0 spiro atoms. The van der Waals surface area contributed by atoms with Crippen LogP contribution in [0.4, 0.5) is 0 Å². The first-order valence-electron chi connectivity index (χ1n) is 8.88. The Labute approximate surface area is 147 Å². The molecule has 0 amide bonds. The maximum Gasteiger partial charge on any atom is 0.161 e. The first kappa shape index (κ1) is 16.0. The molecule has 1 fully saturated rings. The highest BCUT2D eigenvalue weighted by molar-refractivity contribution is 5.89. The molecule has 1 aliphatic rings. The van der Waals surface area contributed by atoms with Gasteiger partial charge in [0.05, 0.1) is 30.9 Å². The molecule has 1 saturated heterocycles. The average Bonchev–Trinajstić information content (AvgIpc) is 3.10. The molecule has 0 atom stereocenters. The molecule has 4 rings (SSSR count). The quantitative estimate of drug-likeness (QED) is 0.716. The zero-order valence-electron chi connectivity index (χ0n) is 14.6. The van der Waals surface area contributed by atoms with Gasteiger partial charge >= 0.3 is 0 Å². The molecule has 0 saturated carbocycles. The smallest absolute Gasteiger partial charge is 0.161 e. The number of benzene rings is 1. The SMILES string of the molecule is COc1ccc(-c2ncnc3c2cnn3CCN2CCCCC2)cc1. The van der Waals surface area contributed by atoms with Gasteiger partial charge in [-0.3, -0.25) is 0 Å². The molecule has 2 aromatic heterocycles. The van der Waals surface area contributed by atoms with Gasteiger partial charge in [0.25, 0.3) is 0 Å². The Bertz CT molecular complexity index is 837. The number of aromatic nitrogens is 4. The molecule has 25 heavy (non-hydrogen) atoms. The highest BCUT2D eigenvalue weighted by atomic mass is 16.5. The third-order valence-corrected chi connectivity index (χ3v) is 4.87. The fourth-order valence-corrected chi connectivity index (χ4v) is 3.45. The summed E-state index contributed by atoms with van der Waals surface area (Å²) in [6.07, 6.45) is 7.49. The second-order valence-electron chi connectivity index (χ2n) is 6.46. The largest absolute Gasteiger partial charge is 0.497 e. The van der Waals surface area contributed by atoms with E-state index in [-0.39, 0.29) is 0 Å². The number of likely N-dealkylation sites (tertiary alicyclic amines) is 1. The highest BCUT2D eigenvalue weighted by Gasteiger charge is 2.14. The third kappa shape index (κ3) is 3.35. The van der Waals surface area contributed by atoms with Crippen molar-refractivity contribution in [2.45, 2.75) is 25.8 Å². The van der Waals surface area contributed by atoms with E-state index in [0.717, 1.165) is 41.1 Å². The van der Waals surface area contributed by atoms with E-state index in [1.807, 2.05) is 35.1 Å². The van der Waals surface area contributed by atoms with Crippen molar-refractivity contribution >= 4 is 11.0 Å². The molecule has 6 nitrogen and oxygen atoms in total. The molecule has 3 heterocycles. The fraction of sp³-hybridized carbons (Fsp3) is 0.421. The van der Waals surface area contributed by atoms with Gasteiger partial charge in [0, 0.05) is 12.1 Å². The number of ether oxygens (including phenoxy) is 1. The van der Waals surface area contributed by atoms with Crippen LogP contribution >= 0.6 is 0 Å². The molecular formula is C19H23N5O. The predicted octanol–water partition coefficient (Wildman–Crippen LogP) is 2.99.